The van der Waals surface area contributed by atoms with Crippen LogP contribution in [0.25, 0.3) is 0 Å². The van der Waals surface area contributed by atoms with Gasteiger partial charge in [0, 0.05) is 27.6 Å². The number of aryl methyl sites for hydroxylation is 1. The van der Waals surface area contributed by atoms with Crippen molar-refractivity contribution in [3.05, 3.63) is 51.5 Å². The number of carbonyl (C=O) groups is 1. The predicted molar refractivity (Wildman–Crippen MR) is 107 cm³/mol. The van der Waals surface area contributed by atoms with Crippen LogP contribution in [0.5, 0.6) is 0 Å². The molecule has 1 aliphatic carbocycles. The van der Waals surface area contributed by atoms with Gasteiger partial charge in [0.05, 0.1) is 22.3 Å². The third-order valence-corrected chi connectivity index (χ3v) is 5.87. The van der Waals surface area contributed by atoms with Crippen LogP contribution in [0, 0.1) is 24.5 Å². The Kier molecular flexibility index (Phi) is 6.47. The van der Waals surface area contributed by atoms with E-state index in [4.69, 9.17) is 4.84 Å². The van der Waals surface area contributed by atoms with E-state index in [9.17, 15) is 17.8 Å². The molecule has 1 atom stereocenters. The number of hydrogen-bond donors (Lipinski definition) is 2. The lowest BCUT2D eigenvalue weighted by molar-refractivity contribution is 0.0270. The van der Waals surface area contributed by atoms with Crippen molar-refractivity contribution in [3.63, 3.8) is 0 Å². The summed E-state index contributed by atoms with van der Waals surface area (Å²) in [6, 6.07) is 6.11. The van der Waals surface area contributed by atoms with Crippen molar-refractivity contribution in [2.24, 2.45) is 5.92 Å². The number of hydrogen-bond acceptors (Lipinski definition) is 4. The Balaban J connectivity index is 1.91. The van der Waals surface area contributed by atoms with E-state index in [1.807, 2.05) is 0 Å². The minimum absolute atomic E-state index is 0.107. The third kappa shape index (κ3) is 4.76. The molecule has 0 aliphatic heterocycles. The van der Waals surface area contributed by atoms with Crippen LogP contribution in [0.2, 0.25) is 0 Å². The first-order chi connectivity index (χ1) is 13.3. The van der Waals surface area contributed by atoms with Crippen molar-refractivity contribution in [3.8, 4) is 0 Å². The van der Waals surface area contributed by atoms with Crippen LogP contribution in [0.3, 0.4) is 0 Å². The Morgan fingerprint density at radius 3 is 2.61 bits per heavy atom. The largest absolute Gasteiger partial charge is 0.352 e. The molecule has 0 saturated heterocycles. The zero-order valence-corrected chi connectivity index (χ0v) is 17.7. The second-order valence-corrected chi connectivity index (χ2v) is 8.88. The highest BCUT2D eigenvalue weighted by atomic mass is 79.9. The lowest BCUT2D eigenvalue weighted by atomic mass is 10.1. The van der Waals surface area contributed by atoms with Gasteiger partial charge < -0.3 is 5.32 Å². The second kappa shape index (κ2) is 8.67. The van der Waals surface area contributed by atoms with Gasteiger partial charge in [-0.1, -0.05) is 0 Å². The number of amides is 1. The maximum Gasteiger partial charge on any atom is 0.277 e. The third-order valence-electron chi connectivity index (χ3n) is 4.38. The number of nitrogens with one attached hydrogen (secondary N) is 2. The van der Waals surface area contributed by atoms with Gasteiger partial charge in [-0.05, 0) is 71.4 Å². The fourth-order valence-corrected chi connectivity index (χ4v) is 3.56. The van der Waals surface area contributed by atoms with Gasteiger partial charge in [0.1, 0.15) is 0 Å². The molecular formula is C19H19BrF2N2O3S. The molecule has 2 aromatic carbocycles. The lowest BCUT2D eigenvalue weighted by Crippen LogP contribution is -2.26. The Labute approximate surface area is 172 Å². The summed E-state index contributed by atoms with van der Waals surface area (Å²) in [6.07, 6.45) is 3.66. The standard InChI is InChI=1S/C19H19BrF2N2O3S/c1-10-7-12(28(2)26)5-6-15(10)23-18-13(8-14(20)16(21)17(18)22)19(25)24-27-9-11-3-4-11/h5-8,11,23H,3-4,9H2,1-2H3,(H,24,25). The SMILES string of the molecule is Cc1cc(S(C)=O)ccc1Nc1c(C(=O)NOCC2CC2)cc(Br)c(F)c1F. The molecule has 9 heteroatoms. The first-order valence-corrected chi connectivity index (χ1v) is 10.9. The fourth-order valence-electron chi connectivity index (χ4n) is 2.55. The molecule has 0 radical (unpaired) electrons. The molecule has 3 rings (SSSR count). The number of anilines is 2. The van der Waals surface area contributed by atoms with Gasteiger partial charge in [-0.15, -0.1) is 0 Å². The maximum atomic E-state index is 14.6. The Bertz CT molecular complexity index is 951. The highest BCUT2D eigenvalue weighted by Gasteiger charge is 2.25. The average Bonchev–Trinajstić information content (AvgIpc) is 3.47. The van der Waals surface area contributed by atoms with E-state index >= 15 is 0 Å². The number of benzene rings is 2. The summed E-state index contributed by atoms with van der Waals surface area (Å²) in [5, 5.41) is 2.78. The minimum atomic E-state index is -1.19. The van der Waals surface area contributed by atoms with Gasteiger partial charge in [0.15, 0.2) is 11.6 Å². The Morgan fingerprint density at radius 2 is 2.00 bits per heavy atom. The first kappa shape index (κ1) is 20.9. The summed E-state index contributed by atoms with van der Waals surface area (Å²) in [4.78, 5) is 18.2. The lowest BCUT2D eigenvalue weighted by Gasteiger charge is -2.16. The van der Waals surface area contributed by atoms with Crippen molar-refractivity contribution in [2.75, 3.05) is 18.2 Å². The summed E-state index contributed by atoms with van der Waals surface area (Å²) in [5.74, 6) is -2.56. The van der Waals surface area contributed by atoms with Crippen LogP contribution >= 0.6 is 15.9 Å². The number of halogens is 3. The van der Waals surface area contributed by atoms with Crippen LogP contribution in [0.15, 0.2) is 33.6 Å². The summed E-state index contributed by atoms with van der Waals surface area (Å²) >= 11 is 2.93. The Morgan fingerprint density at radius 1 is 1.29 bits per heavy atom. The molecule has 2 N–H and O–H groups in total. The zero-order valence-electron chi connectivity index (χ0n) is 15.3. The van der Waals surface area contributed by atoms with Crippen molar-refractivity contribution in [1.29, 1.82) is 0 Å². The van der Waals surface area contributed by atoms with Gasteiger partial charge in [0.2, 0.25) is 0 Å². The molecule has 150 valence electrons. The molecule has 0 spiro atoms. The molecule has 1 unspecified atom stereocenters. The van der Waals surface area contributed by atoms with Crippen LogP contribution in [0.1, 0.15) is 28.8 Å². The van der Waals surface area contributed by atoms with Crippen LogP contribution in [-0.4, -0.2) is 23.0 Å². The molecular weight excluding hydrogens is 454 g/mol. The van der Waals surface area contributed by atoms with Gasteiger partial charge in [0.25, 0.3) is 5.91 Å². The summed E-state index contributed by atoms with van der Waals surface area (Å²) in [7, 11) is -1.17. The van der Waals surface area contributed by atoms with Gasteiger partial charge >= 0.3 is 0 Å². The van der Waals surface area contributed by atoms with Gasteiger partial charge in [-0.25, -0.2) is 14.3 Å². The predicted octanol–water partition coefficient (Wildman–Crippen LogP) is 4.59. The fraction of sp³-hybridized carbons (Fsp3) is 0.316. The summed E-state index contributed by atoms with van der Waals surface area (Å²) < 4.78 is 40.2. The molecule has 1 amide bonds. The zero-order chi connectivity index (χ0) is 20.4. The molecule has 1 aliphatic rings. The monoisotopic (exact) mass is 472 g/mol. The van der Waals surface area contributed by atoms with Crippen LogP contribution in [0.4, 0.5) is 20.2 Å². The van der Waals surface area contributed by atoms with E-state index in [0.29, 0.717) is 28.7 Å². The maximum absolute atomic E-state index is 14.6. The Hall–Kier alpha value is -1.84. The van der Waals surface area contributed by atoms with E-state index in [0.717, 1.165) is 12.8 Å². The molecule has 1 fully saturated rings. The number of hydroxylamine groups is 1. The van der Waals surface area contributed by atoms with Gasteiger partial charge in [-0.3, -0.25) is 13.8 Å². The molecule has 1 saturated carbocycles. The highest BCUT2D eigenvalue weighted by molar-refractivity contribution is 9.10. The topological polar surface area (TPSA) is 67.4 Å². The van der Waals surface area contributed by atoms with E-state index in [-0.39, 0.29) is 15.7 Å². The molecule has 0 heterocycles. The van der Waals surface area contributed by atoms with Gasteiger partial charge in [-0.2, -0.15) is 0 Å². The minimum Gasteiger partial charge on any atom is -0.352 e. The second-order valence-electron chi connectivity index (χ2n) is 6.65. The molecule has 28 heavy (non-hydrogen) atoms. The number of carbonyl (C=O) groups excluding carboxylic acids is 1. The first-order valence-electron chi connectivity index (χ1n) is 8.58. The van der Waals surface area contributed by atoms with Crippen molar-refractivity contribution in [1.82, 2.24) is 5.48 Å². The smallest absolute Gasteiger partial charge is 0.277 e. The molecule has 5 nitrogen and oxygen atoms in total. The van der Waals surface area contributed by atoms with Crippen LogP contribution in [-0.2, 0) is 15.6 Å². The summed E-state index contributed by atoms with van der Waals surface area (Å²) in [5.41, 5.74) is 3.00. The van der Waals surface area contributed by atoms with E-state index in [1.54, 1.807) is 31.4 Å². The highest BCUT2D eigenvalue weighted by Crippen LogP contribution is 2.33. The molecule has 0 aromatic heterocycles. The van der Waals surface area contributed by atoms with Crippen LogP contribution < -0.4 is 10.8 Å². The average molecular weight is 473 g/mol. The number of rotatable bonds is 7. The van der Waals surface area contributed by atoms with E-state index in [1.165, 1.54) is 6.07 Å². The van der Waals surface area contributed by atoms with Crippen molar-refractivity contribution < 1.29 is 22.6 Å². The summed E-state index contributed by atoms with van der Waals surface area (Å²) in [6.45, 7) is 2.12. The quantitative estimate of drug-likeness (QED) is 0.456. The molecule has 0 bridgehead atoms. The van der Waals surface area contributed by atoms with Crippen molar-refractivity contribution in [2.45, 2.75) is 24.7 Å². The van der Waals surface area contributed by atoms with E-state index in [2.05, 4.69) is 26.7 Å². The molecule has 2 aromatic rings. The van der Waals surface area contributed by atoms with Crippen molar-refractivity contribution >= 4 is 44.0 Å². The van der Waals surface area contributed by atoms with E-state index < -0.39 is 28.3 Å². The normalized spacial score (nSPS) is 14.6.